The van der Waals surface area contributed by atoms with Gasteiger partial charge < -0.3 is 9.84 Å². The van der Waals surface area contributed by atoms with Crippen LogP contribution in [-0.2, 0) is 15.9 Å². The first kappa shape index (κ1) is 17.2. The zero-order chi connectivity index (χ0) is 19.5. The lowest BCUT2D eigenvalue weighted by Crippen LogP contribution is -2.39. The van der Waals surface area contributed by atoms with Gasteiger partial charge in [-0.05, 0) is 35.1 Å². The van der Waals surface area contributed by atoms with Crippen molar-refractivity contribution in [1.29, 1.82) is 0 Å². The molecular formula is C27H24O2. The minimum absolute atomic E-state index is 0.178. The van der Waals surface area contributed by atoms with Gasteiger partial charge >= 0.3 is 0 Å². The van der Waals surface area contributed by atoms with Crippen molar-refractivity contribution in [1.82, 2.24) is 0 Å². The number of aliphatic hydroxyl groups excluding tert-OH is 1. The van der Waals surface area contributed by atoms with Gasteiger partial charge in [-0.15, -0.1) is 0 Å². The van der Waals surface area contributed by atoms with Crippen LogP contribution in [0, 0.1) is 11.8 Å². The highest BCUT2D eigenvalue weighted by Gasteiger charge is 2.70. The fourth-order valence-corrected chi connectivity index (χ4v) is 6.11. The lowest BCUT2D eigenvalue weighted by atomic mass is 9.59. The topological polar surface area (TPSA) is 29.5 Å². The fraction of sp³-hybridized carbons (Fsp3) is 0.259. The molecule has 3 aromatic carbocycles. The van der Waals surface area contributed by atoms with Crippen molar-refractivity contribution in [2.45, 2.75) is 30.1 Å². The number of fused-ring (bicyclic) bond motifs is 8. The lowest BCUT2D eigenvalue weighted by molar-refractivity contribution is -0.0565. The summed E-state index contributed by atoms with van der Waals surface area (Å²) in [6.45, 7) is 0. The monoisotopic (exact) mass is 380 g/mol. The highest BCUT2D eigenvalue weighted by atomic mass is 16.5. The maximum Gasteiger partial charge on any atom is 0.127 e. The summed E-state index contributed by atoms with van der Waals surface area (Å²) in [5, 5.41) is 10.4. The molecule has 6 rings (SSSR count). The second kappa shape index (κ2) is 6.16. The first-order valence-corrected chi connectivity index (χ1v) is 10.5. The van der Waals surface area contributed by atoms with Crippen LogP contribution in [0.15, 0.2) is 97.1 Å². The highest BCUT2D eigenvalue weighted by molar-refractivity contribution is 5.58. The molecule has 5 unspecified atom stereocenters. The maximum atomic E-state index is 10.4. The van der Waals surface area contributed by atoms with Crippen LogP contribution in [0.25, 0.3) is 0 Å². The van der Waals surface area contributed by atoms with Crippen LogP contribution < -0.4 is 0 Å². The van der Waals surface area contributed by atoms with E-state index in [-0.39, 0.29) is 17.9 Å². The van der Waals surface area contributed by atoms with E-state index in [4.69, 9.17) is 4.74 Å². The Morgan fingerprint density at radius 1 is 0.655 bits per heavy atom. The Bertz CT molecular complexity index is 1070. The summed E-state index contributed by atoms with van der Waals surface area (Å²) >= 11 is 0. The molecule has 2 bridgehead atoms. The largest absolute Gasteiger partial charge is 0.389 e. The third-order valence-corrected chi connectivity index (χ3v) is 7.19. The first-order chi connectivity index (χ1) is 14.3. The molecule has 2 nitrogen and oxygen atoms in total. The molecule has 1 N–H and O–H groups in total. The van der Waals surface area contributed by atoms with Gasteiger partial charge in [-0.3, -0.25) is 0 Å². The minimum Gasteiger partial charge on any atom is -0.389 e. The van der Waals surface area contributed by atoms with Crippen molar-refractivity contribution >= 4 is 0 Å². The van der Waals surface area contributed by atoms with Crippen molar-refractivity contribution < 1.29 is 9.84 Å². The van der Waals surface area contributed by atoms with Crippen LogP contribution in [0.5, 0.6) is 0 Å². The van der Waals surface area contributed by atoms with Gasteiger partial charge in [0.15, 0.2) is 0 Å². The van der Waals surface area contributed by atoms with Gasteiger partial charge in [0.25, 0.3) is 0 Å². The van der Waals surface area contributed by atoms with Crippen LogP contribution >= 0.6 is 0 Å². The van der Waals surface area contributed by atoms with E-state index in [1.54, 1.807) is 0 Å². The number of hydrogen-bond acceptors (Lipinski definition) is 2. The average molecular weight is 380 g/mol. The molecule has 3 aliphatic rings. The zero-order valence-electron chi connectivity index (χ0n) is 16.2. The third kappa shape index (κ3) is 2.13. The number of hydrogen-bond donors (Lipinski definition) is 1. The number of ether oxygens (including phenoxy) is 1. The summed E-state index contributed by atoms with van der Waals surface area (Å²) in [4.78, 5) is 0. The van der Waals surface area contributed by atoms with E-state index >= 15 is 0 Å². The lowest BCUT2D eigenvalue weighted by Gasteiger charge is -2.39. The summed E-state index contributed by atoms with van der Waals surface area (Å²) in [6, 6.07) is 30.0. The van der Waals surface area contributed by atoms with Crippen molar-refractivity contribution in [2.24, 2.45) is 11.8 Å². The summed E-state index contributed by atoms with van der Waals surface area (Å²) < 4.78 is 7.30. The Hall–Kier alpha value is -2.68. The summed E-state index contributed by atoms with van der Waals surface area (Å²) in [5.41, 5.74) is 3.92. The van der Waals surface area contributed by atoms with Crippen molar-refractivity contribution in [3.63, 3.8) is 0 Å². The third-order valence-electron chi connectivity index (χ3n) is 7.19. The highest BCUT2D eigenvalue weighted by Crippen LogP contribution is 2.70. The molecule has 1 fully saturated rings. The fourth-order valence-electron chi connectivity index (χ4n) is 6.11. The van der Waals surface area contributed by atoms with Crippen molar-refractivity contribution in [3.05, 3.63) is 119 Å². The van der Waals surface area contributed by atoms with E-state index in [1.807, 2.05) is 6.08 Å². The Morgan fingerprint density at radius 3 is 1.86 bits per heavy atom. The quantitative estimate of drug-likeness (QED) is 0.622. The van der Waals surface area contributed by atoms with Gasteiger partial charge in [-0.2, -0.15) is 0 Å². The molecule has 2 heterocycles. The summed E-state index contributed by atoms with van der Waals surface area (Å²) in [5.74, 6) is 0.450. The molecule has 0 radical (unpaired) electrons. The predicted molar refractivity (Wildman–Crippen MR) is 113 cm³/mol. The van der Waals surface area contributed by atoms with Crippen LogP contribution in [0.3, 0.4) is 0 Å². The summed E-state index contributed by atoms with van der Waals surface area (Å²) in [6.07, 6.45) is 5.53. The molecule has 0 spiro atoms. The average Bonchev–Trinajstić information content (AvgIpc) is 3.17. The molecule has 2 heteroatoms. The van der Waals surface area contributed by atoms with Gasteiger partial charge in [0.2, 0.25) is 0 Å². The van der Waals surface area contributed by atoms with E-state index in [0.29, 0.717) is 0 Å². The molecule has 0 saturated carbocycles. The Labute approximate surface area is 171 Å². The smallest absolute Gasteiger partial charge is 0.127 e. The van der Waals surface area contributed by atoms with Crippen LogP contribution in [0.2, 0.25) is 0 Å². The molecule has 1 saturated heterocycles. The zero-order valence-corrected chi connectivity index (χ0v) is 16.2. The molecule has 0 aromatic heterocycles. The minimum atomic E-state index is -0.529. The Kier molecular flexibility index (Phi) is 3.65. The molecule has 5 atom stereocenters. The van der Waals surface area contributed by atoms with Gasteiger partial charge in [0.05, 0.1) is 6.10 Å². The van der Waals surface area contributed by atoms with E-state index in [2.05, 4.69) is 91.0 Å². The van der Waals surface area contributed by atoms with Gasteiger partial charge in [0.1, 0.15) is 11.2 Å². The Balaban J connectivity index is 1.70. The SMILES string of the molecule is OC1C=CC2C(CC1)C1(c3ccccc3)OC2(c2ccccc2)c2ccccc21. The second-order valence-corrected chi connectivity index (χ2v) is 8.51. The molecule has 3 aromatic rings. The molecule has 0 amide bonds. The first-order valence-electron chi connectivity index (χ1n) is 10.5. The molecule has 144 valence electrons. The summed E-state index contributed by atoms with van der Waals surface area (Å²) in [7, 11) is 0. The van der Waals surface area contributed by atoms with Gasteiger partial charge in [-0.1, -0.05) is 97.1 Å². The van der Waals surface area contributed by atoms with E-state index < -0.39 is 11.2 Å². The van der Waals surface area contributed by atoms with Crippen LogP contribution in [-0.4, -0.2) is 11.2 Å². The van der Waals surface area contributed by atoms with Crippen molar-refractivity contribution in [3.8, 4) is 0 Å². The van der Waals surface area contributed by atoms with Gasteiger partial charge in [-0.25, -0.2) is 0 Å². The predicted octanol–water partition coefficient (Wildman–Crippen LogP) is 5.16. The molecular weight excluding hydrogens is 356 g/mol. The standard InChI is InChI=1S/C27H24O2/c28-21-15-17-24-25(18-16-21)27(20-11-5-2-6-12-20)23-14-8-7-13-22(23)26(24,29-27)19-9-3-1-4-10-19/h1-15,17,21,24-25,28H,16,18H2. The molecule has 29 heavy (non-hydrogen) atoms. The normalized spacial score (nSPS) is 34.4. The van der Waals surface area contributed by atoms with Gasteiger partial charge in [0, 0.05) is 11.8 Å². The van der Waals surface area contributed by atoms with E-state index in [0.717, 1.165) is 12.8 Å². The maximum absolute atomic E-state index is 10.4. The van der Waals surface area contributed by atoms with Crippen LogP contribution in [0.4, 0.5) is 0 Å². The van der Waals surface area contributed by atoms with Crippen molar-refractivity contribution in [2.75, 3.05) is 0 Å². The van der Waals surface area contributed by atoms with E-state index in [1.165, 1.54) is 22.3 Å². The van der Waals surface area contributed by atoms with E-state index in [9.17, 15) is 5.11 Å². The number of benzene rings is 3. The molecule has 2 aliphatic heterocycles. The number of rotatable bonds is 2. The Morgan fingerprint density at radius 2 is 1.21 bits per heavy atom. The number of aliphatic hydroxyl groups is 1. The second-order valence-electron chi connectivity index (χ2n) is 8.51. The van der Waals surface area contributed by atoms with Crippen LogP contribution in [0.1, 0.15) is 35.1 Å². The molecule has 1 aliphatic carbocycles.